The number of aliphatic hydroxyl groups is 1. The molecule has 4 nitrogen and oxygen atoms in total. The van der Waals surface area contributed by atoms with E-state index in [1.807, 2.05) is 17.5 Å². The number of nitrogens with zero attached hydrogens (tertiary/aromatic N) is 2. The Hall–Kier alpha value is -1.70. The van der Waals surface area contributed by atoms with Gasteiger partial charge in [0.1, 0.15) is 5.82 Å². The quantitative estimate of drug-likeness (QED) is 0.725. The van der Waals surface area contributed by atoms with Gasteiger partial charge < -0.3 is 9.52 Å². The average Bonchev–Trinajstić information content (AvgIpc) is 3.16. The topological polar surface area (TPSA) is 59.2 Å². The van der Waals surface area contributed by atoms with Crippen molar-refractivity contribution in [2.75, 3.05) is 5.75 Å². The number of thioether (sulfide) groups is 1. The predicted molar refractivity (Wildman–Crippen MR) is 79.7 cm³/mol. The van der Waals surface area contributed by atoms with Gasteiger partial charge in [-0.3, -0.25) is 0 Å². The van der Waals surface area contributed by atoms with Crippen LogP contribution in [0.1, 0.15) is 11.7 Å². The fraction of sp³-hybridized carbons (Fsp3) is 0.143. The normalized spacial score (nSPS) is 12.5. The van der Waals surface area contributed by atoms with E-state index in [4.69, 9.17) is 4.42 Å². The van der Waals surface area contributed by atoms with Crippen molar-refractivity contribution in [2.24, 2.45) is 0 Å². The Labute approximate surface area is 128 Å². The Morgan fingerprint density at radius 3 is 2.76 bits per heavy atom. The Morgan fingerprint density at radius 1 is 1.24 bits per heavy atom. The van der Waals surface area contributed by atoms with Crippen LogP contribution in [0, 0.1) is 5.82 Å². The van der Waals surface area contributed by atoms with E-state index in [1.54, 1.807) is 12.1 Å². The molecule has 7 heteroatoms. The van der Waals surface area contributed by atoms with Crippen molar-refractivity contribution in [3.63, 3.8) is 0 Å². The summed E-state index contributed by atoms with van der Waals surface area (Å²) < 4.78 is 18.3. The third-order valence-electron chi connectivity index (χ3n) is 2.76. The number of aliphatic hydroxyl groups excluding tert-OH is 1. The van der Waals surface area contributed by atoms with Crippen molar-refractivity contribution in [3.8, 4) is 10.8 Å². The first-order valence-corrected chi connectivity index (χ1v) is 8.02. The van der Waals surface area contributed by atoms with Gasteiger partial charge in [-0.15, -0.1) is 21.5 Å². The number of halogens is 1. The molecule has 0 saturated carbocycles. The lowest BCUT2D eigenvalue weighted by Gasteiger charge is -2.08. The Bertz CT molecular complexity index is 698. The summed E-state index contributed by atoms with van der Waals surface area (Å²) in [6.45, 7) is 0. The van der Waals surface area contributed by atoms with Gasteiger partial charge in [0.15, 0.2) is 0 Å². The molecule has 108 valence electrons. The maximum absolute atomic E-state index is 12.8. The minimum absolute atomic E-state index is 0.323. The van der Waals surface area contributed by atoms with Gasteiger partial charge in [0.25, 0.3) is 11.1 Å². The van der Waals surface area contributed by atoms with Crippen LogP contribution in [0.15, 0.2) is 51.4 Å². The highest BCUT2D eigenvalue weighted by atomic mass is 32.2. The smallest absolute Gasteiger partial charge is 0.276 e. The highest BCUT2D eigenvalue weighted by Crippen LogP contribution is 2.28. The summed E-state index contributed by atoms with van der Waals surface area (Å²) >= 11 is 2.79. The second-order valence-corrected chi connectivity index (χ2v) is 6.15. The number of thiophene rings is 1. The van der Waals surface area contributed by atoms with Crippen LogP contribution in [0.2, 0.25) is 0 Å². The molecular formula is C14H11FN2O2S2. The van der Waals surface area contributed by atoms with E-state index in [9.17, 15) is 9.50 Å². The minimum Gasteiger partial charge on any atom is -0.410 e. The molecule has 0 unspecified atom stereocenters. The van der Waals surface area contributed by atoms with Gasteiger partial charge in [0, 0.05) is 5.75 Å². The van der Waals surface area contributed by atoms with Crippen LogP contribution in [0.3, 0.4) is 0 Å². The monoisotopic (exact) mass is 322 g/mol. The van der Waals surface area contributed by atoms with Gasteiger partial charge in [-0.25, -0.2) is 4.39 Å². The number of benzene rings is 1. The summed E-state index contributed by atoms with van der Waals surface area (Å²) in [7, 11) is 0. The largest absolute Gasteiger partial charge is 0.410 e. The van der Waals surface area contributed by atoms with Crippen molar-refractivity contribution >= 4 is 23.1 Å². The van der Waals surface area contributed by atoms with E-state index in [-0.39, 0.29) is 5.82 Å². The van der Waals surface area contributed by atoms with Gasteiger partial charge in [-0.05, 0) is 29.1 Å². The molecule has 0 saturated heterocycles. The van der Waals surface area contributed by atoms with Gasteiger partial charge in [-0.2, -0.15) is 0 Å². The van der Waals surface area contributed by atoms with Crippen molar-refractivity contribution in [1.29, 1.82) is 0 Å². The number of hydrogen-bond donors (Lipinski definition) is 1. The Balaban J connectivity index is 1.61. The second kappa shape index (κ2) is 6.38. The summed E-state index contributed by atoms with van der Waals surface area (Å²) in [6, 6.07) is 9.59. The molecule has 0 amide bonds. The van der Waals surface area contributed by atoms with Crippen LogP contribution in [-0.2, 0) is 0 Å². The summed E-state index contributed by atoms with van der Waals surface area (Å²) in [4.78, 5) is 0.911. The van der Waals surface area contributed by atoms with Crippen LogP contribution in [-0.4, -0.2) is 21.1 Å². The Kier molecular flexibility index (Phi) is 4.33. The first kappa shape index (κ1) is 14.2. The van der Waals surface area contributed by atoms with Crippen molar-refractivity contribution in [1.82, 2.24) is 10.2 Å². The average molecular weight is 322 g/mol. The van der Waals surface area contributed by atoms with Crippen LogP contribution in [0.4, 0.5) is 4.39 Å². The van der Waals surface area contributed by atoms with E-state index in [0.717, 1.165) is 4.88 Å². The van der Waals surface area contributed by atoms with E-state index >= 15 is 0 Å². The molecule has 0 bridgehead atoms. The summed E-state index contributed by atoms with van der Waals surface area (Å²) in [5, 5.41) is 20.3. The molecule has 1 aromatic carbocycles. The van der Waals surface area contributed by atoms with Gasteiger partial charge in [0.05, 0.1) is 11.0 Å². The van der Waals surface area contributed by atoms with Crippen LogP contribution in [0.25, 0.3) is 10.8 Å². The molecule has 0 aliphatic heterocycles. The van der Waals surface area contributed by atoms with Crippen molar-refractivity contribution in [2.45, 2.75) is 11.3 Å². The zero-order valence-electron chi connectivity index (χ0n) is 10.8. The number of hydrogen-bond acceptors (Lipinski definition) is 6. The lowest BCUT2D eigenvalue weighted by atomic mass is 10.1. The molecule has 3 rings (SSSR count). The maximum Gasteiger partial charge on any atom is 0.276 e. The summed E-state index contributed by atoms with van der Waals surface area (Å²) in [5.41, 5.74) is 0.655. The molecule has 0 fully saturated rings. The lowest BCUT2D eigenvalue weighted by Crippen LogP contribution is -2.00. The number of aromatic nitrogens is 2. The fourth-order valence-electron chi connectivity index (χ4n) is 1.70. The maximum atomic E-state index is 12.8. The zero-order chi connectivity index (χ0) is 14.7. The molecule has 1 N–H and O–H groups in total. The molecule has 0 aliphatic carbocycles. The van der Waals surface area contributed by atoms with Gasteiger partial charge >= 0.3 is 0 Å². The molecule has 2 aromatic heterocycles. The molecule has 21 heavy (non-hydrogen) atoms. The van der Waals surface area contributed by atoms with Gasteiger partial charge in [0.2, 0.25) is 0 Å². The predicted octanol–water partition coefficient (Wildman–Crippen LogP) is 3.76. The van der Waals surface area contributed by atoms with Crippen molar-refractivity contribution in [3.05, 3.63) is 53.2 Å². The van der Waals surface area contributed by atoms with Crippen LogP contribution < -0.4 is 0 Å². The second-order valence-electron chi connectivity index (χ2n) is 4.23. The number of rotatable bonds is 5. The van der Waals surface area contributed by atoms with E-state index in [1.165, 1.54) is 35.2 Å². The third-order valence-corrected chi connectivity index (χ3v) is 4.51. The highest BCUT2D eigenvalue weighted by Gasteiger charge is 2.13. The van der Waals surface area contributed by atoms with E-state index < -0.39 is 6.10 Å². The third kappa shape index (κ3) is 3.49. The fourth-order valence-corrected chi connectivity index (χ4v) is 3.07. The van der Waals surface area contributed by atoms with Crippen molar-refractivity contribution < 1.29 is 13.9 Å². The SMILES string of the molecule is O[C@H](CSc1nnc(-c2cccs2)o1)c1ccc(F)cc1. The molecular weight excluding hydrogens is 311 g/mol. The van der Waals surface area contributed by atoms with E-state index in [2.05, 4.69) is 10.2 Å². The van der Waals surface area contributed by atoms with Gasteiger partial charge in [-0.1, -0.05) is 30.0 Å². The minimum atomic E-state index is -0.715. The molecule has 0 spiro atoms. The molecule has 0 radical (unpaired) electrons. The summed E-state index contributed by atoms with van der Waals surface area (Å²) in [6.07, 6.45) is -0.715. The van der Waals surface area contributed by atoms with Crippen LogP contribution >= 0.6 is 23.1 Å². The first-order valence-electron chi connectivity index (χ1n) is 6.16. The standard InChI is InChI=1S/C14H11FN2O2S2/c15-10-5-3-9(4-6-10)11(18)8-21-14-17-16-13(19-14)12-2-1-7-20-12/h1-7,11,18H,8H2/t11-/m1/s1. The summed E-state index contributed by atoms with van der Waals surface area (Å²) in [5.74, 6) is 0.511. The molecule has 2 heterocycles. The lowest BCUT2D eigenvalue weighted by molar-refractivity contribution is 0.203. The molecule has 3 aromatic rings. The Morgan fingerprint density at radius 2 is 2.05 bits per heavy atom. The van der Waals surface area contributed by atoms with Crippen LogP contribution in [0.5, 0.6) is 0 Å². The zero-order valence-corrected chi connectivity index (χ0v) is 12.4. The highest BCUT2D eigenvalue weighted by molar-refractivity contribution is 7.99. The molecule has 0 aliphatic rings. The first-order chi connectivity index (χ1) is 10.2. The molecule has 1 atom stereocenters. The van der Waals surface area contributed by atoms with E-state index in [0.29, 0.717) is 22.4 Å².